The Labute approximate surface area is 101 Å². The van der Waals surface area contributed by atoms with E-state index in [1.165, 1.54) is 0 Å². The monoisotopic (exact) mass is 237 g/mol. The minimum atomic E-state index is -0.0676. The summed E-state index contributed by atoms with van der Waals surface area (Å²) >= 11 is 0. The molecule has 5 heteroatoms. The summed E-state index contributed by atoms with van der Waals surface area (Å²) < 4.78 is 5.00. The number of nitrogens with zero attached hydrogens (tertiary/aromatic N) is 1. The zero-order valence-corrected chi connectivity index (χ0v) is 10.3. The van der Waals surface area contributed by atoms with Gasteiger partial charge in [-0.05, 0) is 18.1 Å². The molecule has 1 aromatic rings. The molecule has 1 unspecified atom stereocenters. The van der Waals surface area contributed by atoms with Gasteiger partial charge in [0.25, 0.3) is 0 Å². The summed E-state index contributed by atoms with van der Waals surface area (Å²) in [6.45, 7) is 2.43. The molecule has 0 aliphatic heterocycles. The molecule has 0 aromatic carbocycles. The van der Waals surface area contributed by atoms with Crippen molar-refractivity contribution in [1.29, 1.82) is 0 Å². The molecule has 5 nitrogen and oxygen atoms in total. The van der Waals surface area contributed by atoms with Crippen LogP contribution in [0.3, 0.4) is 0 Å². The SMILES string of the molecule is CCC(N)CC(=O)NCc1ccnc(OC)c1. The van der Waals surface area contributed by atoms with Gasteiger partial charge in [-0.15, -0.1) is 0 Å². The molecule has 17 heavy (non-hydrogen) atoms. The Bertz CT molecular complexity index is 369. The van der Waals surface area contributed by atoms with Crippen LogP contribution in [0.25, 0.3) is 0 Å². The summed E-state index contributed by atoms with van der Waals surface area (Å²) in [6, 6.07) is 3.56. The molecule has 0 aliphatic carbocycles. The number of pyridine rings is 1. The molecule has 0 spiro atoms. The van der Waals surface area contributed by atoms with Gasteiger partial charge in [-0.1, -0.05) is 6.92 Å². The molecule has 0 fully saturated rings. The van der Waals surface area contributed by atoms with Gasteiger partial charge < -0.3 is 15.8 Å². The summed E-state index contributed by atoms with van der Waals surface area (Å²) in [5, 5.41) is 2.81. The Morgan fingerprint density at radius 3 is 3.06 bits per heavy atom. The van der Waals surface area contributed by atoms with Gasteiger partial charge >= 0.3 is 0 Å². The lowest BCUT2D eigenvalue weighted by atomic mass is 10.1. The van der Waals surface area contributed by atoms with Crippen LogP contribution < -0.4 is 15.8 Å². The lowest BCUT2D eigenvalue weighted by molar-refractivity contribution is -0.121. The topological polar surface area (TPSA) is 77.2 Å². The van der Waals surface area contributed by atoms with Crippen LogP contribution in [0.5, 0.6) is 5.88 Å². The number of nitrogens with two attached hydrogens (primary N) is 1. The van der Waals surface area contributed by atoms with Gasteiger partial charge in [-0.3, -0.25) is 4.79 Å². The molecule has 1 amide bonds. The van der Waals surface area contributed by atoms with Crippen LogP contribution in [-0.2, 0) is 11.3 Å². The summed E-state index contributed by atoms with van der Waals surface area (Å²) in [6.07, 6.45) is 2.81. The van der Waals surface area contributed by atoms with Gasteiger partial charge in [0.05, 0.1) is 7.11 Å². The fourth-order valence-electron chi connectivity index (χ4n) is 1.33. The van der Waals surface area contributed by atoms with Crippen molar-refractivity contribution in [3.05, 3.63) is 23.9 Å². The average molecular weight is 237 g/mol. The number of hydrogen-bond acceptors (Lipinski definition) is 4. The first-order chi connectivity index (χ1) is 8.15. The van der Waals surface area contributed by atoms with Crippen molar-refractivity contribution in [2.75, 3.05) is 7.11 Å². The molecule has 0 bridgehead atoms. The van der Waals surface area contributed by atoms with Crippen LogP contribution in [-0.4, -0.2) is 24.0 Å². The second kappa shape index (κ2) is 6.85. The Morgan fingerprint density at radius 2 is 2.41 bits per heavy atom. The normalized spacial score (nSPS) is 11.9. The number of hydrogen-bond donors (Lipinski definition) is 2. The summed E-state index contributed by atoms with van der Waals surface area (Å²) in [5.41, 5.74) is 6.65. The van der Waals surface area contributed by atoms with E-state index in [4.69, 9.17) is 10.5 Å². The number of carbonyl (C=O) groups excluding carboxylic acids is 1. The van der Waals surface area contributed by atoms with Crippen molar-refractivity contribution in [2.24, 2.45) is 5.73 Å². The fraction of sp³-hybridized carbons (Fsp3) is 0.500. The van der Waals surface area contributed by atoms with Gasteiger partial charge in [-0.25, -0.2) is 4.98 Å². The van der Waals surface area contributed by atoms with E-state index in [-0.39, 0.29) is 11.9 Å². The van der Waals surface area contributed by atoms with E-state index in [2.05, 4.69) is 10.3 Å². The largest absolute Gasteiger partial charge is 0.481 e. The predicted octanol–water partition coefficient (Wildman–Crippen LogP) is 0.834. The molecule has 1 atom stereocenters. The summed E-state index contributed by atoms with van der Waals surface area (Å²) in [4.78, 5) is 15.5. The highest BCUT2D eigenvalue weighted by Crippen LogP contribution is 2.08. The molecule has 0 aliphatic rings. The minimum absolute atomic E-state index is 0.0323. The molecule has 0 saturated heterocycles. The van der Waals surface area contributed by atoms with Crippen LogP contribution >= 0.6 is 0 Å². The second-order valence-corrected chi connectivity index (χ2v) is 3.86. The zero-order valence-electron chi connectivity index (χ0n) is 10.3. The van der Waals surface area contributed by atoms with E-state index >= 15 is 0 Å². The van der Waals surface area contributed by atoms with Crippen molar-refractivity contribution in [3.8, 4) is 5.88 Å². The third-order valence-corrected chi connectivity index (χ3v) is 2.47. The fourth-order valence-corrected chi connectivity index (χ4v) is 1.33. The maximum Gasteiger partial charge on any atom is 0.221 e. The zero-order chi connectivity index (χ0) is 12.7. The van der Waals surface area contributed by atoms with Crippen LogP contribution in [0.2, 0.25) is 0 Å². The Hall–Kier alpha value is -1.62. The van der Waals surface area contributed by atoms with Crippen molar-refractivity contribution in [1.82, 2.24) is 10.3 Å². The quantitative estimate of drug-likeness (QED) is 0.768. The van der Waals surface area contributed by atoms with Crippen molar-refractivity contribution < 1.29 is 9.53 Å². The number of aromatic nitrogens is 1. The van der Waals surface area contributed by atoms with E-state index in [9.17, 15) is 4.79 Å². The maximum atomic E-state index is 11.5. The number of nitrogens with one attached hydrogen (secondary N) is 1. The highest BCUT2D eigenvalue weighted by molar-refractivity contribution is 5.76. The van der Waals surface area contributed by atoms with Crippen LogP contribution in [0.15, 0.2) is 18.3 Å². The number of ether oxygens (including phenoxy) is 1. The van der Waals surface area contributed by atoms with Crippen LogP contribution in [0.1, 0.15) is 25.3 Å². The third kappa shape index (κ3) is 4.82. The van der Waals surface area contributed by atoms with Gasteiger partial charge in [0, 0.05) is 31.3 Å². The lowest BCUT2D eigenvalue weighted by Gasteiger charge is -2.09. The first-order valence-electron chi connectivity index (χ1n) is 5.67. The second-order valence-electron chi connectivity index (χ2n) is 3.86. The van der Waals surface area contributed by atoms with Crippen LogP contribution in [0.4, 0.5) is 0 Å². The van der Waals surface area contributed by atoms with Gasteiger partial charge in [0.15, 0.2) is 0 Å². The highest BCUT2D eigenvalue weighted by atomic mass is 16.5. The van der Waals surface area contributed by atoms with E-state index < -0.39 is 0 Å². The molecular formula is C12H19N3O2. The number of amides is 1. The molecular weight excluding hydrogens is 218 g/mol. The molecule has 1 heterocycles. The maximum absolute atomic E-state index is 11.5. The van der Waals surface area contributed by atoms with Gasteiger partial charge in [0.1, 0.15) is 0 Å². The van der Waals surface area contributed by atoms with Gasteiger partial charge in [0.2, 0.25) is 11.8 Å². The highest BCUT2D eigenvalue weighted by Gasteiger charge is 2.07. The summed E-state index contributed by atoms with van der Waals surface area (Å²) in [7, 11) is 1.56. The van der Waals surface area contributed by atoms with Gasteiger partial charge in [-0.2, -0.15) is 0 Å². The minimum Gasteiger partial charge on any atom is -0.481 e. The lowest BCUT2D eigenvalue weighted by Crippen LogP contribution is -2.30. The van der Waals surface area contributed by atoms with Crippen molar-refractivity contribution in [3.63, 3.8) is 0 Å². The Kier molecular flexibility index (Phi) is 5.42. The molecule has 3 N–H and O–H groups in total. The van der Waals surface area contributed by atoms with E-state index in [0.717, 1.165) is 12.0 Å². The number of carbonyl (C=O) groups is 1. The number of methoxy groups -OCH3 is 1. The van der Waals surface area contributed by atoms with Crippen LogP contribution in [0, 0.1) is 0 Å². The Morgan fingerprint density at radius 1 is 1.65 bits per heavy atom. The standard InChI is InChI=1S/C12H19N3O2/c1-3-10(13)7-11(16)15-8-9-4-5-14-12(6-9)17-2/h4-6,10H,3,7-8,13H2,1-2H3,(H,15,16). The Balaban J connectivity index is 2.41. The molecule has 0 saturated carbocycles. The molecule has 94 valence electrons. The summed E-state index contributed by atoms with van der Waals surface area (Å²) in [5.74, 6) is 0.511. The van der Waals surface area contributed by atoms with Crippen molar-refractivity contribution >= 4 is 5.91 Å². The van der Waals surface area contributed by atoms with E-state index in [0.29, 0.717) is 18.8 Å². The first kappa shape index (κ1) is 13.4. The smallest absolute Gasteiger partial charge is 0.221 e. The third-order valence-electron chi connectivity index (χ3n) is 2.47. The average Bonchev–Trinajstić information content (AvgIpc) is 2.36. The molecule has 1 aromatic heterocycles. The first-order valence-corrected chi connectivity index (χ1v) is 5.67. The number of rotatable bonds is 6. The molecule has 1 rings (SSSR count). The van der Waals surface area contributed by atoms with E-state index in [1.807, 2.05) is 13.0 Å². The van der Waals surface area contributed by atoms with E-state index in [1.54, 1.807) is 19.4 Å². The molecule has 0 radical (unpaired) electrons. The van der Waals surface area contributed by atoms with Crippen molar-refractivity contribution in [2.45, 2.75) is 32.4 Å². The predicted molar refractivity (Wildman–Crippen MR) is 65.5 cm³/mol.